The molecule has 0 saturated heterocycles. The van der Waals surface area contributed by atoms with Gasteiger partial charge in [0.2, 0.25) is 0 Å². The van der Waals surface area contributed by atoms with Gasteiger partial charge in [-0.15, -0.1) is 0 Å². The van der Waals surface area contributed by atoms with Gasteiger partial charge < -0.3 is 5.11 Å². The van der Waals surface area contributed by atoms with Crippen molar-refractivity contribution in [3.63, 3.8) is 0 Å². The number of rotatable bonds is 5. The van der Waals surface area contributed by atoms with Gasteiger partial charge in [0, 0.05) is 12.1 Å². The first-order valence-corrected chi connectivity index (χ1v) is 7.57. The molecule has 3 aromatic carbocycles. The van der Waals surface area contributed by atoms with E-state index in [-0.39, 0.29) is 11.4 Å². The average molecular weight is 347 g/mol. The van der Waals surface area contributed by atoms with Gasteiger partial charge in [0.1, 0.15) is 5.75 Å². The first kappa shape index (κ1) is 16.9. The lowest BCUT2D eigenvalue weighted by molar-refractivity contribution is -0.384. The minimum Gasteiger partial charge on any atom is -0.508 e. The fourth-order valence-corrected chi connectivity index (χ4v) is 1.98. The van der Waals surface area contributed by atoms with Crippen LogP contribution in [0.2, 0.25) is 0 Å². The van der Waals surface area contributed by atoms with Crippen molar-refractivity contribution >= 4 is 28.4 Å². The summed E-state index contributed by atoms with van der Waals surface area (Å²) in [7, 11) is 0. The number of hydrogen-bond acceptors (Lipinski definition) is 7. The number of azo groups is 2. The van der Waals surface area contributed by atoms with Crippen LogP contribution in [0.4, 0.5) is 28.4 Å². The molecule has 0 aliphatic rings. The maximum atomic E-state index is 10.6. The Morgan fingerprint density at radius 3 is 1.27 bits per heavy atom. The highest BCUT2D eigenvalue weighted by Gasteiger charge is 2.03. The van der Waals surface area contributed by atoms with Gasteiger partial charge in [0.15, 0.2) is 0 Å². The molecule has 0 heterocycles. The molecule has 0 fully saturated rings. The Hall–Kier alpha value is -3.94. The Morgan fingerprint density at radius 1 is 0.615 bits per heavy atom. The number of nitro benzene ring substituents is 1. The summed E-state index contributed by atoms with van der Waals surface area (Å²) in [5.41, 5.74) is 2.42. The lowest BCUT2D eigenvalue weighted by atomic mass is 10.3. The molecule has 0 aromatic heterocycles. The Balaban J connectivity index is 1.65. The average Bonchev–Trinajstić information content (AvgIpc) is 2.67. The van der Waals surface area contributed by atoms with Crippen molar-refractivity contribution in [1.82, 2.24) is 0 Å². The third-order valence-electron chi connectivity index (χ3n) is 3.32. The number of phenolic OH excluding ortho intramolecular Hbond substituents is 1. The van der Waals surface area contributed by atoms with E-state index in [9.17, 15) is 15.2 Å². The van der Waals surface area contributed by atoms with Crippen LogP contribution in [0.5, 0.6) is 5.75 Å². The van der Waals surface area contributed by atoms with Crippen molar-refractivity contribution < 1.29 is 10.0 Å². The molecule has 1 N–H and O–H groups in total. The van der Waals surface area contributed by atoms with E-state index in [0.29, 0.717) is 22.7 Å². The third-order valence-corrected chi connectivity index (χ3v) is 3.32. The lowest BCUT2D eigenvalue weighted by Gasteiger charge is -1.96. The fourth-order valence-electron chi connectivity index (χ4n) is 1.98. The molecule has 3 aromatic rings. The van der Waals surface area contributed by atoms with Gasteiger partial charge in [0.05, 0.1) is 27.7 Å². The summed E-state index contributed by atoms with van der Waals surface area (Å²) < 4.78 is 0. The molecule has 0 aliphatic carbocycles. The van der Waals surface area contributed by atoms with Gasteiger partial charge in [-0.3, -0.25) is 10.1 Å². The van der Waals surface area contributed by atoms with Crippen molar-refractivity contribution in [3.8, 4) is 5.75 Å². The number of non-ortho nitro benzene ring substituents is 1. The van der Waals surface area contributed by atoms with Crippen LogP contribution in [0.15, 0.2) is 93.3 Å². The van der Waals surface area contributed by atoms with Crippen LogP contribution in [-0.4, -0.2) is 10.0 Å². The van der Waals surface area contributed by atoms with Crippen LogP contribution in [0, 0.1) is 10.1 Å². The Labute approximate surface area is 148 Å². The molecule has 0 saturated carbocycles. The Kier molecular flexibility index (Phi) is 5.04. The molecule has 0 radical (unpaired) electrons. The minimum absolute atomic E-state index is 0.00675. The predicted molar refractivity (Wildman–Crippen MR) is 96.0 cm³/mol. The molecule has 3 rings (SSSR count). The molecule has 128 valence electrons. The number of hydrogen-bond donors (Lipinski definition) is 1. The molecule has 0 bridgehead atoms. The molecule has 26 heavy (non-hydrogen) atoms. The second-order valence-electron chi connectivity index (χ2n) is 5.21. The highest BCUT2D eigenvalue weighted by atomic mass is 16.6. The van der Waals surface area contributed by atoms with Crippen LogP contribution >= 0.6 is 0 Å². The van der Waals surface area contributed by atoms with E-state index < -0.39 is 4.92 Å². The zero-order chi connectivity index (χ0) is 18.4. The zero-order valence-electron chi connectivity index (χ0n) is 13.4. The Bertz CT molecular complexity index is 950. The van der Waals surface area contributed by atoms with Crippen molar-refractivity contribution in [2.75, 3.05) is 0 Å². The van der Waals surface area contributed by atoms with E-state index in [1.807, 2.05) is 0 Å². The summed E-state index contributed by atoms with van der Waals surface area (Å²) in [5, 5.41) is 36.1. The fraction of sp³-hybridized carbons (Fsp3) is 0. The SMILES string of the molecule is O=[N+]([O-])c1ccc(N=Nc2ccc(N=Nc3ccc(O)cc3)cc2)cc1. The maximum absolute atomic E-state index is 10.6. The quantitative estimate of drug-likeness (QED) is 0.340. The highest BCUT2D eigenvalue weighted by Crippen LogP contribution is 2.24. The zero-order valence-corrected chi connectivity index (χ0v) is 13.4. The van der Waals surface area contributed by atoms with Gasteiger partial charge >= 0.3 is 0 Å². The first-order valence-electron chi connectivity index (χ1n) is 7.57. The van der Waals surface area contributed by atoms with Crippen LogP contribution in [0.3, 0.4) is 0 Å². The van der Waals surface area contributed by atoms with E-state index in [0.717, 1.165) is 0 Å². The largest absolute Gasteiger partial charge is 0.508 e. The molecule has 0 amide bonds. The highest BCUT2D eigenvalue weighted by molar-refractivity contribution is 5.49. The minimum atomic E-state index is -0.466. The second kappa shape index (κ2) is 7.75. The van der Waals surface area contributed by atoms with E-state index in [2.05, 4.69) is 20.5 Å². The maximum Gasteiger partial charge on any atom is 0.269 e. The normalized spacial score (nSPS) is 11.2. The summed E-state index contributed by atoms with van der Waals surface area (Å²) in [6.07, 6.45) is 0. The first-order chi connectivity index (χ1) is 12.6. The molecule has 0 aliphatic heterocycles. The van der Waals surface area contributed by atoms with Crippen LogP contribution in [0.1, 0.15) is 0 Å². The van der Waals surface area contributed by atoms with Crippen molar-refractivity contribution in [1.29, 1.82) is 0 Å². The molecular formula is C18H13N5O3. The molecule has 8 heteroatoms. The molecule has 0 atom stereocenters. The lowest BCUT2D eigenvalue weighted by Crippen LogP contribution is -1.85. The topological polar surface area (TPSA) is 113 Å². The number of phenols is 1. The van der Waals surface area contributed by atoms with E-state index in [1.165, 1.54) is 36.4 Å². The van der Waals surface area contributed by atoms with Crippen LogP contribution < -0.4 is 0 Å². The summed E-state index contributed by atoms with van der Waals surface area (Å²) in [6, 6.07) is 19.2. The standard InChI is InChI=1S/C18H13N5O3/c24-18-11-7-16(8-12-18)22-20-14-3-1-13(2-4-14)19-21-15-5-9-17(10-6-15)23(25)26/h1-12,24H. The van der Waals surface area contributed by atoms with Crippen LogP contribution in [-0.2, 0) is 0 Å². The van der Waals surface area contributed by atoms with E-state index in [4.69, 9.17) is 0 Å². The van der Waals surface area contributed by atoms with Gasteiger partial charge in [-0.1, -0.05) is 0 Å². The molecule has 0 spiro atoms. The number of aromatic hydroxyl groups is 1. The number of nitro groups is 1. The van der Waals surface area contributed by atoms with Crippen molar-refractivity contribution in [2.24, 2.45) is 20.5 Å². The summed E-state index contributed by atoms with van der Waals surface area (Å²) in [4.78, 5) is 10.1. The molecule has 0 unspecified atom stereocenters. The summed E-state index contributed by atoms with van der Waals surface area (Å²) in [6.45, 7) is 0. The van der Waals surface area contributed by atoms with Gasteiger partial charge in [-0.2, -0.15) is 20.5 Å². The van der Waals surface area contributed by atoms with Crippen LogP contribution in [0.25, 0.3) is 0 Å². The summed E-state index contributed by atoms with van der Waals surface area (Å²) >= 11 is 0. The van der Waals surface area contributed by atoms with Gasteiger partial charge in [-0.25, -0.2) is 0 Å². The summed E-state index contributed by atoms with van der Waals surface area (Å²) in [5.74, 6) is 0.173. The monoisotopic (exact) mass is 347 g/mol. The molecular weight excluding hydrogens is 334 g/mol. The van der Waals surface area contributed by atoms with Gasteiger partial charge in [0.25, 0.3) is 5.69 Å². The number of benzene rings is 3. The van der Waals surface area contributed by atoms with Crippen molar-refractivity contribution in [3.05, 3.63) is 82.9 Å². The molecule has 8 nitrogen and oxygen atoms in total. The predicted octanol–water partition coefficient (Wildman–Crippen LogP) is 6.13. The number of nitrogens with zero attached hydrogens (tertiary/aromatic N) is 5. The van der Waals surface area contributed by atoms with E-state index in [1.54, 1.807) is 36.4 Å². The van der Waals surface area contributed by atoms with Gasteiger partial charge in [-0.05, 0) is 60.7 Å². The Morgan fingerprint density at radius 2 is 0.923 bits per heavy atom. The third kappa shape index (κ3) is 4.54. The van der Waals surface area contributed by atoms with E-state index >= 15 is 0 Å². The smallest absolute Gasteiger partial charge is 0.269 e. The second-order valence-corrected chi connectivity index (χ2v) is 5.21. The van der Waals surface area contributed by atoms with Crippen molar-refractivity contribution in [2.45, 2.75) is 0 Å².